The Morgan fingerprint density at radius 3 is 2.31 bits per heavy atom. The first kappa shape index (κ1) is 40.8. The molecule has 0 saturated carbocycles. The zero-order chi connectivity index (χ0) is 41.3. The van der Waals surface area contributed by atoms with E-state index < -0.39 is 50.9 Å². The second kappa shape index (κ2) is 16.9. The summed E-state index contributed by atoms with van der Waals surface area (Å²) in [7, 11) is -4.19. The number of hydrogen-bond donors (Lipinski definition) is 2. The average molecular weight is 827 g/mol. The number of amides is 2. The maximum Gasteiger partial charge on any atom is 0.455 e. The van der Waals surface area contributed by atoms with Crippen molar-refractivity contribution in [3.05, 3.63) is 154 Å². The summed E-state index contributed by atoms with van der Waals surface area (Å²) >= 11 is 1.51. The van der Waals surface area contributed by atoms with Gasteiger partial charge in [-0.05, 0) is 111 Å². The molecule has 4 atom stereocenters. The van der Waals surface area contributed by atoms with Gasteiger partial charge in [-0.2, -0.15) is 0 Å². The molecule has 59 heavy (non-hydrogen) atoms. The van der Waals surface area contributed by atoms with E-state index in [9.17, 15) is 24.1 Å². The number of phenolic OH excluding ortho intramolecular Hbond substituents is 1. The number of rotatable bonds is 12. The van der Waals surface area contributed by atoms with Crippen molar-refractivity contribution in [3.63, 3.8) is 0 Å². The number of carbonyl (C=O) groups excluding carboxylic acids is 2. The third-order valence-electron chi connectivity index (χ3n) is 12.2. The van der Waals surface area contributed by atoms with Gasteiger partial charge in [-0.3, -0.25) is 19.5 Å². The van der Waals surface area contributed by atoms with Crippen LogP contribution in [0.1, 0.15) is 56.2 Å². The molecule has 0 bridgehead atoms. The van der Waals surface area contributed by atoms with Crippen LogP contribution in [0.4, 0.5) is 4.39 Å². The van der Waals surface area contributed by atoms with Crippen molar-refractivity contribution in [1.82, 2.24) is 9.88 Å². The lowest BCUT2D eigenvalue weighted by Crippen LogP contribution is -2.66. The lowest BCUT2D eigenvalue weighted by molar-refractivity contribution is -0.140. The summed E-state index contributed by atoms with van der Waals surface area (Å²) in [5.41, 5.74) is 3.92. The largest absolute Gasteiger partial charge is 0.505 e. The zero-order valence-corrected chi connectivity index (χ0v) is 35.3. The monoisotopic (exact) mass is 826 g/mol. The molecule has 0 spiro atoms. The zero-order valence-electron chi connectivity index (χ0n) is 33.5. The second-order valence-electron chi connectivity index (χ2n) is 16.7. The summed E-state index contributed by atoms with van der Waals surface area (Å²) in [5, 5.41) is 25.2. The summed E-state index contributed by atoms with van der Waals surface area (Å²) in [6.45, 7) is 7.13. The molecule has 2 N–H and O–H groups in total. The number of thiophene rings is 1. The molecule has 4 heterocycles. The van der Waals surface area contributed by atoms with Gasteiger partial charge in [-0.25, -0.2) is 4.39 Å². The molecular weight excluding hydrogens is 778 g/mol. The van der Waals surface area contributed by atoms with E-state index in [1.165, 1.54) is 28.4 Å². The quantitative estimate of drug-likeness (QED) is 0.0749. The van der Waals surface area contributed by atoms with E-state index >= 15 is 0 Å². The number of hydrogen-bond acceptors (Lipinski definition) is 8. The SMILES string of the molecule is CC(C)(C)[Si](OCC1=C2[C@@H](CC/C(=C/c3ccc(O)c(F)c3)c3ccccn3)OB(O)C[C@@H]2[C@@H]2C(=O)N(Cc3cccs3)C(=O)[C@@H]2C1)(c1ccccc1)c1ccccc1. The number of pyridine rings is 1. The summed E-state index contributed by atoms with van der Waals surface area (Å²) in [6, 6.07) is 34.5. The van der Waals surface area contributed by atoms with Gasteiger partial charge in [-0.15, -0.1) is 11.3 Å². The molecule has 302 valence electrons. The Kier molecular flexibility index (Phi) is 11.7. The molecule has 3 aliphatic rings. The first-order valence-corrected chi connectivity index (χ1v) is 23.0. The fraction of sp³-hybridized carbons (Fsp3) is 0.298. The normalized spacial score (nSPS) is 21.2. The minimum atomic E-state index is -3.03. The molecule has 0 unspecified atom stereocenters. The number of halogens is 1. The van der Waals surface area contributed by atoms with E-state index in [-0.39, 0.29) is 36.3 Å². The fourth-order valence-corrected chi connectivity index (χ4v) is 14.8. The van der Waals surface area contributed by atoms with Gasteiger partial charge in [0.15, 0.2) is 11.6 Å². The van der Waals surface area contributed by atoms with Crippen LogP contribution in [0.15, 0.2) is 132 Å². The van der Waals surface area contributed by atoms with Crippen LogP contribution in [-0.2, 0) is 25.2 Å². The van der Waals surface area contributed by atoms with E-state index in [1.54, 1.807) is 12.3 Å². The highest BCUT2D eigenvalue weighted by atomic mass is 32.1. The molecular formula is C47H48BFN2O6SSi. The van der Waals surface area contributed by atoms with E-state index in [2.05, 4.69) is 74.3 Å². The molecule has 2 aliphatic heterocycles. The number of phenols is 1. The molecule has 5 aromatic rings. The topological polar surface area (TPSA) is 109 Å². The number of nitrogens with zero attached hydrogens (tertiary/aromatic N) is 2. The molecule has 2 saturated heterocycles. The molecule has 2 fully saturated rings. The Balaban J connectivity index is 1.21. The highest BCUT2D eigenvalue weighted by Gasteiger charge is 2.58. The second-order valence-corrected chi connectivity index (χ2v) is 22.1. The number of likely N-dealkylation sites (tertiary alicyclic amines) is 1. The Hall–Kier alpha value is -4.98. The van der Waals surface area contributed by atoms with Crippen molar-refractivity contribution in [1.29, 1.82) is 0 Å². The van der Waals surface area contributed by atoms with E-state index in [0.717, 1.165) is 32.0 Å². The molecule has 12 heteroatoms. The standard InChI is InChI=1S/C47H48BFN2O6SSi/c1-47(2,3)59(35-14-6-4-7-15-35,36-16-8-5-9-17-36)56-30-33-27-37-44(46(54)51(45(37)53)29-34-13-12-24-58-34)38-28-48(55)57-42(43(33)38)22-20-32(40-18-10-11-23-50-40)25-31-19-21-41(52)39(49)26-31/h4-19,21,23-26,37-38,42,44,52,55H,20,22,27-30H2,1-3H3/b32-25-/t37-,38+,42-,44-/m1/s1. The molecule has 2 amide bonds. The predicted molar refractivity (Wildman–Crippen MR) is 233 cm³/mol. The number of allylic oxidation sites excluding steroid dienone is 1. The maximum absolute atomic E-state index is 14.5. The van der Waals surface area contributed by atoms with Gasteiger partial charge >= 0.3 is 7.12 Å². The Morgan fingerprint density at radius 1 is 0.966 bits per heavy atom. The van der Waals surface area contributed by atoms with Crippen molar-refractivity contribution >= 4 is 60.6 Å². The molecule has 1 aliphatic carbocycles. The van der Waals surface area contributed by atoms with E-state index in [0.29, 0.717) is 30.5 Å². The molecule has 3 aromatic carbocycles. The van der Waals surface area contributed by atoms with Gasteiger partial charge in [0.1, 0.15) is 0 Å². The van der Waals surface area contributed by atoms with Crippen molar-refractivity contribution in [2.75, 3.05) is 6.61 Å². The smallest absolute Gasteiger partial charge is 0.455 e. The number of carbonyl (C=O) groups is 2. The predicted octanol–water partition coefficient (Wildman–Crippen LogP) is 7.88. The molecule has 2 aromatic heterocycles. The van der Waals surface area contributed by atoms with Crippen molar-refractivity contribution < 1.29 is 33.2 Å². The minimum Gasteiger partial charge on any atom is -0.505 e. The number of fused-ring (bicyclic) bond motifs is 3. The Labute approximate surface area is 350 Å². The van der Waals surface area contributed by atoms with Crippen LogP contribution in [0, 0.1) is 23.6 Å². The van der Waals surface area contributed by atoms with Gasteiger partial charge in [0.2, 0.25) is 11.8 Å². The fourth-order valence-electron chi connectivity index (χ4n) is 9.56. The lowest BCUT2D eigenvalue weighted by atomic mass is 9.58. The molecule has 8 nitrogen and oxygen atoms in total. The number of aromatic nitrogens is 1. The van der Waals surface area contributed by atoms with Gasteiger partial charge in [0, 0.05) is 11.1 Å². The number of imide groups is 1. The van der Waals surface area contributed by atoms with Crippen LogP contribution in [0.2, 0.25) is 11.4 Å². The number of aromatic hydroxyl groups is 1. The van der Waals surface area contributed by atoms with Crippen LogP contribution in [-0.4, -0.2) is 60.0 Å². The highest BCUT2D eigenvalue weighted by molar-refractivity contribution is 7.09. The van der Waals surface area contributed by atoms with Crippen LogP contribution in [0.3, 0.4) is 0 Å². The summed E-state index contributed by atoms with van der Waals surface area (Å²) < 4.78 is 28.5. The van der Waals surface area contributed by atoms with Gasteiger partial charge in [0.05, 0.1) is 36.8 Å². The Bertz CT molecular complexity index is 2320. The summed E-state index contributed by atoms with van der Waals surface area (Å²) in [6.07, 6.45) is 4.30. The third-order valence-corrected chi connectivity index (χ3v) is 18.0. The van der Waals surface area contributed by atoms with Crippen LogP contribution in [0.5, 0.6) is 5.75 Å². The van der Waals surface area contributed by atoms with Crippen LogP contribution in [0.25, 0.3) is 11.6 Å². The first-order chi connectivity index (χ1) is 28.4. The van der Waals surface area contributed by atoms with Crippen LogP contribution >= 0.6 is 11.3 Å². The average Bonchev–Trinajstić information content (AvgIpc) is 3.84. The molecule has 0 radical (unpaired) electrons. The van der Waals surface area contributed by atoms with Crippen molar-refractivity contribution in [2.24, 2.45) is 17.8 Å². The van der Waals surface area contributed by atoms with Crippen molar-refractivity contribution in [3.8, 4) is 5.75 Å². The summed E-state index contributed by atoms with van der Waals surface area (Å²) in [5.74, 6) is -3.22. The molecule has 8 rings (SSSR count). The van der Waals surface area contributed by atoms with Gasteiger partial charge in [-0.1, -0.05) is 99.6 Å². The summed E-state index contributed by atoms with van der Waals surface area (Å²) in [4.78, 5) is 35.8. The Morgan fingerprint density at radius 2 is 1.68 bits per heavy atom. The first-order valence-electron chi connectivity index (χ1n) is 20.2. The highest BCUT2D eigenvalue weighted by Crippen LogP contribution is 2.51. The van der Waals surface area contributed by atoms with Gasteiger partial charge < -0.3 is 19.2 Å². The lowest BCUT2D eigenvalue weighted by Gasteiger charge is -2.46. The van der Waals surface area contributed by atoms with Crippen LogP contribution < -0.4 is 10.4 Å². The van der Waals surface area contributed by atoms with E-state index in [1.807, 2.05) is 53.9 Å². The number of benzene rings is 3. The van der Waals surface area contributed by atoms with E-state index in [4.69, 9.17) is 9.08 Å². The van der Waals surface area contributed by atoms with Gasteiger partial charge in [0.25, 0.3) is 8.32 Å². The van der Waals surface area contributed by atoms with Crippen molar-refractivity contribution in [2.45, 2.75) is 64.0 Å². The maximum atomic E-state index is 14.5. The minimum absolute atomic E-state index is 0.178. The third kappa shape index (κ3) is 8.04.